The summed E-state index contributed by atoms with van der Waals surface area (Å²) in [6, 6.07) is 5.53. The van der Waals surface area contributed by atoms with Gasteiger partial charge in [-0.25, -0.2) is 4.79 Å². The zero-order valence-electron chi connectivity index (χ0n) is 9.32. The molecule has 0 amide bonds. The Hall–Kier alpha value is -1.71. The minimum absolute atomic E-state index is 0.198. The number of ether oxygens (including phenoxy) is 1. The first kappa shape index (κ1) is 10.8. The van der Waals surface area contributed by atoms with Crippen molar-refractivity contribution in [1.82, 2.24) is 0 Å². The molecule has 86 valence electrons. The number of benzene rings is 1. The summed E-state index contributed by atoms with van der Waals surface area (Å²) < 4.78 is 4.99. The largest absolute Gasteiger partial charge is 0.464 e. The van der Waals surface area contributed by atoms with Crippen LogP contribution in [0.15, 0.2) is 18.2 Å². The topological polar surface area (TPSA) is 64.3 Å². The van der Waals surface area contributed by atoms with Crippen LogP contribution in [-0.4, -0.2) is 18.6 Å². The van der Waals surface area contributed by atoms with Gasteiger partial charge >= 0.3 is 5.97 Å². The van der Waals surface area contributed by atoms with Crippen molar-refractivity contribution < 1.29 is 9.53 Å². The SMILES string of the molecule is CCOC(=O)C1CCc2cccc(N)c2N1. The van der Waals surface area contributed by atoms with Gasteiger partial charge in [-0.2, -0.15) is 0 Å². The molecule has 1 aliphatic heterocycles. The predicted molar refractivity (Wildman–Crippen MR) is 63.2 cm³/mol. The summed E-state index contributed by atoms with van der Waals surface area (Å²) in [6.07, 6.45) is 1.62. The van der Waals surface area contributed by atoms with Crippen molar-refractivity contribution in [2.75, 3.05) is 17.7 Å². The molecule has 0 saturated carbocycles. The minimum Gasteiger partial charge on any atom is -0.464 e. The van der Waals surface area contributed by atoms with Gasteiger partial charge in [-0.1, -0.05) is 12.1 Å². The standard InChI is InChI=1S/C12H16N2O2/c1-2-16-12(15)10-7-6-8-4-3-5-9(13)11(8)14-10/h3-5,10,14H,2,6-7,13H2,1H3. The molecule has 1 heterocycles. The number of fused-ring (bicyclic) bond motifs is 1. The number of anilines is 2. The lowest BCUT2D eigenvalue weighted by Crippen LogP contribution is -2.35. The molecule has 0 bridgehead atoms. The van der Waals surface area contributed by atoms with E-state index in [0.29, 0.717) is 12.3 Å². The minimum atomic E-state index is -0.267. The number of nitrogens with one attached hydrogen (secondary N) is 1. The lowest BCUT2D eigenvalue weighted by molar-refractivity contribution is -0.144. The monoisotopic (exact) mass is 220 g/mol. The fourth-order valence-corrected chi connectivity index (χ4v) is 1.97. The molecule has 0 radical (unpaired) electrons. The van der Waals surface area contributed by atoms with E-state index in [9.17, 15) is 4.79 Å². The Labute approximate surface area is 94.8 Å². The average Bonchev–Trinajstić information content (AvgIpc) is 2.29. The van der Waals surface area contributed by atoms with Gasteiger partial charge in [0, 0.05) is 0 Å². The van der Waals surface area contributed by atoms with Crippen LogP contribution in [0.3, 0.4) is 0 Å². The Morgan fingerprint density at radius 2 is 2.44 bits per heavy atom. The van der Waals surface area contributed by atoms with E-state index in [1.54, 1.807) is 0 Å². The van der Waals surface area contributed by atoms with E-state index in [1.165, 1.54) is 5.56 Å². The predicted octanol–water partition coefficient (Wildman–Crippen LogP) is 1.56. The van der Waals surface area contributed by atoms with Crippen LogP contribution in [0, 0.1) is 0 Å². The van der Waals surface area contributed by atoms with Crippen molar-refractivity contribution in [2.45, 2.75) is 25.8 Å². The van der Waals surface area contributed by atoms with Crippen molar-refractivity contribution in [3.63, 3.8) is 0 Å². The number of hydrogen-bond donors (Lipinski definition) is 2. The first-order chi connectivity index (χ1) is 7.72. The number of carbonyl (C=O) groups is 1. The van der Waals surface area contributed by atoms with Gasteiger partial charge in [0.1, 0.15) is 6.04 Å². The van der Waals surface area contributed by atoms with E-state index in [-0.39, 0.29) is 12.0 Å². The highest BCUT2D eigenvalue weighted by Crippen LogP contribution is 2.30. The zero-order valence-corrected chi connectivity index (χ0v) is 9.32. The van der Waals surface area contributed by atoms with Gasteiger partial charge in [-0.3, -0.25) is 0 Å². The van der Waals surface area contributed by atoms with E-state index >= 15 is 0 Å². The highest BCUT2D eigenvalue weighted by molar-refractivity contribution is 5.83. The second-order valence-corrected chi connectivity index (χ2v) is 3.87. The molecular formula is C12H16N2O2. The van der Waals surface area contributed by atoms with Gasteiger partial charge in [-0.05, 0) is 31.4 Å². The molecule has 4 nitrogen and oxygen atoms in total. The van der Waals surface area contributed by atoms with Crippen molar-refractivity contribution in [3.05, 3.63) is 23.8 Å². The number of aryl methyl sites for hydroxylation is 1. The molecule has 3 N–H and O–H groups in total. The Balaban J connectivity index is 2.17. The van der Waals surface area contributed by atoms with E-state index < -0.39 is 0 Å². The van der Waals surface area contributed by atoms with E-state index in [1.807, 2.05) is 25.1 Å². The smallest absolute Gasteiger partial charge is 0.328 e. The number of nitrogens with two attached hydrogens (primary N) is 1. The van der Waals surface area contributed by atoms with Crippen LogP contribution in [0.2, 0.25) is 0 Å². The molecule has 0 aromatic heterocycles. The Kier molecular flexibility index (Phi) is 2.99. The maximum atomic E-state index is 11.6. The van der Waals surface area contributed by atoms with Crippen LogP contribution in [0.1, 0.15) is 18.9 Å². The van der Waals surface area contributed by atoms with Crippen LogP contribution in [-0.2, 0) is 16.0 Å². The number of rotatable bonds is 2. The lowest BCUT2D eigenvalue weighted by Gasteiger charge is -2.26. The summed E-state index contributed by atoms with van der Waals surface area (Å²) in [7, 11) is 0. The summed E-state index contributed by atoms with van der Waals surface area (Å²) in [6.45, 7) is 2.22. The maximum Gasteiger partial charge on any atom is 0.328 e. The molecule has 0 aliphatic carbocycles. The molecule has 1 aromatic rings. The average molecular weight is 220 g/mol. The Morgan fingerprint density at radius 1 is 1.62 bits per heavy atom. The lowest BCUT2D eigenvalue weighted by atomic mass is 9.97. The molecular weight excluding hydrogens is 204 g/mol. The fraction of sp³-hybridized carbons (Fsp3) is 0.417. The van der Waals surface area contributed by atoms with Crippen molar-refractivity contribution in [2.24, 2.45) is 0 Å². The van der Waals surface area contributed by atoms with Gasteiger partial charge in [0.25, 0.3) is 0 Å². The Morgan fingerprint density at radius 3 is 3.19 bits per heavy atom. The summed E-state index contributed by atoms with van der Waals surface area (Å²) >= 11 is 0. The number of nitrogen functional groups attached to an aromatic ring is 1. The molecule has 16 heavy (non-hydrogen) atoms. The number of carbonyl (C=O) groups excluding carboxylic acids is 1. The summed E-state index contributed by atoms with van der Waals surface area (Å²) in [5.74, 6) is -0.198. The third-order valence-electron chi connectivity index (χ3n) is 2.78. The first-order valence-electron chi connectivity index (χ1n) is 5.53. The Bertz CT molecular complexity index is 404. The van der Waals surface area contributed by atoms with Gasteiger partial charge in [0.2, 0.25) is 0 Å². The molecule has 0 fully saturated rings. The highest BCUT2D eigenvalue weighted by Gasteiger charge is 2.25. The molecule has 1 aromatic carbocycles. The van der Waals surface area contributed by atoms with Crippen LogP contribution in [0.25, 0.3) is 0 Å². The molecule has 1 unspecified atom stereocenters. The summed E-state index contributed by atoms with van der Waals surface area (Å²) in [5, 5.41) is 3.15. The van der Waals surface area contributed by atoms with Crippen LogP contribution in [0.5, 0.6) is 0 Å². The number of para-hydroxylation sites is 1. The van der Waals surface area contributed by atoms with Gasteiger partial charge in [0.15, 0.2) is 0 Å². The number of esters is 1. The molecule has 1 atom stereocenters. The quantitative estimate of drug-likeness (QED) is 0.586. The summed E-state index contributed by atoms with van der Waals surface area (Å²) in [4.78, 5) is 11.6. The fourth-order valence-electron chi connectivity index (χ4n) is 1.97. The van der Waals surface area contributed by atoms with Gasteiger partial charge < -0.3 is 15.8 Å². The van der Waals surface area contributed by atoms with Gasteiger partial charge in [-0.15, -0.1) is 0 Å². The van der Waals surface area contributed by atoms with E-state index in [4.69, 9.17) is 10.5 Å². The maximum absolute atomic E-state index is 11.6. The highest BCUT2D eigenvalue weighted by atomic mass is 16.5. The second kappa shape index (κ2) is 4.43. The third-order valence-corrected chi connectivity index (χ3v) is 2.78. The molecule has 2 rings (SSSR count). The van der Waals surface area contributed by atoms with Crippen molar-refractivity contribution in [1.29, 1.82) is 0 Å². The molecule has 0 spiro atoms. The zero-order chi connectivity index (χ0) is 11.5. The van der Waals surface area contributed by atoms with E-state index in [2.05, 4.69) is 5.32 Å². The second-order valence-electron chi connectivity index (χ2n) is 3.87. The van der Waals surface area contributed by atoms with Crippen molar-refractivity contribution >= 4 is 17.3 Å². The third kappa shape index (κ3) is 1.96. The number of hydrogen-bond acceptors (Lipinski definition) is 4. The van der Waals surface area contributed by atoms with Crippen LogP contribution in [0.4, 0.5) is 11.4 Å². The van der Waals surface area contributed by atoms with Crippen LogP contribution >= 0.6 is 0 Å². The normalized spacial score (nSPS) is 18.4. The van der Waals surface area contributed by atoms with Crippen molar-refractivity contribution in [3.8, 4) is 0 Å². The van der Waals surface area contributed by atoms with Gasteiger partial charge in [0.05, 0.1) is 18.0 Å². The van der Waals surface area contributed by atoms with E-state index in [0.717, 1.165) is 18.5 Å². The first-order valence-corrected chi connectivity index (χ1v) is 5.53. The molecule has 1 aliphatic rings. The summed E-state index contributed by atoms with van der Waals surface area (Å²) in [5.41, 5.74) is 8.60. The molecule has 4 heteroatoms. The van der Waals surface area contributed by atoms with Crippen LogP contribution < -0.4 is 11.1 Å². The molecule has 0 saturated heterocycles.